The molecule has 1 heterocycles. The van der Waals surface area contributed by atoms with Gasteiger partial charge in [0.2, 0.25) is 0 Å². The van der Waals surface area contributed by atoms with Gasteiger partial charge in [0, 0.05) is 31.4 Å². The minimum absolute atomic E-state index is 0.734. The number of nitrogens with one attached hydrogen (secondary N) is 2. The van der Waals surface area contributed by atoms with Gasteiger partial charge in [0.05, 0.1) is 5.82 Å². The second-order valence-electron chi connectivity index (χ2n) is 3.48. The minimum atomic E-state index is 0.734. The molecule has 3 nitrogen and oxygen atoms in total. The normalized spacial score (nSPS) is 9.18. The van der Waals surface area contributed by atoms with Gasteiger partial charge in [-0.25, -0.2) is 0 Å². The van der Waals surface area contributed by atoms with Crippen LogP contribution in [-0.2, 0) is 6.42 Å². The second kappa shape index (κ2) is 8.16. The number of rotatable bonds is 8. The Hall–Kier alpha value is -2.03. The van der Waals surface area contributed by atoms with E-state index >= 15 is 0 Å². The second-order valence-corrected chi connectivity index (χ2v) is 3.48. The molecule has 0 radical (unpaired) electrons. The quantitative estimate of drug-likeness (QED) is 0.670. The molecule has 0 aliphatic heterocycles. The third-order valence-electron chi connectivity index (χ3n) is 2.12. The van der Waals surface area contributed by atoms with Gasteiger partial charge >= 0.3 is 0 Å². The van der Waals surface area contributed by atoms with Gasteiger partial charge in [-0.1, -0.05) is 18.2 Å². The molecule has 0 aromatic carbocycles. The molecule has 0 fully saturated rings. The van der Waals surface area contributed by atoms with Crippen molar-refractivity contribution in [2.45, 2.75) is 6.42 Å². The standard InChI is InChI=1S/C14H19N3/c1-3-10-16-14(17-11-4-2)9-8-13-7-5-6-12-15-13/h3-7,9,12,16-17H,1-2,8,10-11H2. The lowest BCUT2D eigenvalue weighted by atomic mass is 10.2. The molecule has 0 aliphatic carbocycles. The van der Waals surface area contributed by atoms with E-state index in [2.05, 4.69) is 34.9 Å². The first kappa shape index (κ1) is 13.0. The first-order valence-corrected chi connectivity index (χ1v) is 5.66. The average Bonchev–Trinajstić information content (AvgIpc) is 2.39. The first-order chi connectivity index (χ1) is 8.36. The van der Waals surface area contributed by atoms with E-state index in [0.717, 1.165) is 31.0 Å². The molecule has 0 saturated heterocycles. The predicted molar refractivity (Wildman–Crippen MR) is 72.4 cm³/mol. The Labute approximate surface area is 103 Å². The number of aromatic nitrogens is 1. The van der Waals surface area contributed by atoms with Crippen LogP contribution in [0.25, 0.3) is 0 Å². The van der Waals surface area contributed by atoms with Crippen LogP contribution in [0.3, 0.4) is 0 Å². The molecule has 0 spiro atoms. The minimum Gasteiger partial charge on any atom is -0.369 e. The molecule has 0 amide bonds. The Morgan fingerprint density at radius 1 is 1.18 bits per heavy atom. The molecule has 0 unspecified atom stereocenters. The third kappa shape index (κ3) is 5.56. The zero-order valence-electron chi connectivity index (χ0n) is 10.0. The largest absolute Gasteiger partial charge is 0.369 e. The molecule has 17 heavy (non-hydrogen) atoms. The van der Waals surface area contributed by atoms with Crippen LogP contribution in [0.4, 0.5) is 0 Å². The Morgan fingerprint density at radius 3 is 2.41 bits per heavy atom. The maximum Gasteiger partial charge on any atom is 0.0954 e. The first-order valence-electron chi connectivity index (χ1n) is 5.66. The molecule has 0 saturated carbocycles. The van der Waals surface area contributed by atoms with E-state index < -0.39 is 0 Å². The van der Waals surface area contributed by atoms with Gasteiger partial charge in [-0.2, -0.15) is 0 Å². The summed E-state index contributed by atoms with van der Waals surface area (Å²) >= 11 is 0. The average molecular weight is 229 g/mol. The fraction of sp³-hybridized carbons (Fsp3) is 0.214. The highest BCUT2D eigenvalue weighted by atomic mass is 15.1. The number of nitrogens with zero attached hydrogens (tertiary/aromatic N) is 1. The van der Waals surface area contributed by atoms with Crippen LogP contribution in [0.1, 0.15) is 5.69 Å². The number of allylic oxidation sites excluding steroid dienone is 1. The van der Waals surface area contributed by atoms with Crippen LogP contribution in [0.2, 0.25) is 0 Å². The number of hydrogen-bond donors (Lipinski definition) is 2. The maximum atomic E-state index is 4.27. The van der Waals surface area contributed by atoms with Crippen LogP contribution in [0.5, 0.6) is 0 Å². The van der Waals surface area contributed by atoms with Crippen molar-refractivity contribution in [2.75, 3.05) is 13.1 Å². The van der Waals surface area contributed by atoms with E-state index in [1.807, 2.05) is 30.4 Å². The molecular weight excluding hydrogens is 210 g/mol. The monoisotopic (exact) mass is 229 g/mol. The smallest absolute Gasteiger partial charge is 0.0954 e. The molecule has 1 rings (SSSR count). The van der Waals surface area contributed by atoms with E-state index in [9.17, 15) is 0 Å². The van der Waals surface area contributed by atoms with Crippen molar-refractivity contribution in [3.8, 4) is 0 Å². The summed E-state index contributed by atoms with van der Waals surface area (Å²) in [6.45, 7) is 8.83. The van der Waals surface area contributed by atoms with Crippen molar-refractivity contribution in [2.24, 2.45) is 0 Å². The molecule has 2 N–H and O–H groups in total. The summed E-state index contributed by atoms with van der Waals surface area (Å²) in [7, 11) is 0. The molecule has 1 aromatic rings. The molecular formula is C14H19N3. The van der Waals surface area contributed by atoms with Gasteiger partial charge in [0.25, 0.3) is 0 Å². The highest BCUT2D eigenvalue weighted by Crippen LogP contribution is 1.97. The summed E-state index contributed by atoms with van der Waals surface area (Å²) in [5.74, 6) is 0.982. The molecule has 0 aliphatic rings. The lowest BCUT2D eigenvalue weighted by Crippen LogP contribution is -2.26. The van der Waals surface area contributed by atoms with Gasteiger partial charge < -0.3 is 10.6 Å². The topological polar surface area (TPSA) is 37.0 Å². The van der Waals surface area contributed by atoms with Crippen LogP contribution < -0.4 is 10.6 Å². The summed E-state index contributed by atoms with van der Waals surface area (Å²) in [6, 6.07) is 5.92. The van der Waals surface area contributed by atoms with Crippen molar-refractivity contribution in [1.29, 1.82) is 0 Å². The van der Waals surface area contributed by atoms with Crippen LogP contribution in [0.15, 0.2) is 61.6 Å². The molecule has 90 valence electrons. The van der Waals surface area contributed by atoms with E-state index in [0.29, 0.717) is 0 Å². The Bertz CT molecular complexity index is 354. The van der Waals surface area contributed by atoms with E-state index in [4.69, 9.17) is 0 Å². The lowest BCUT2D eigenvalue weighted by Gasteiger charge is -2.10. The summed E-state index contributed by atoms with van der Waals surface area (Å²) in [6.07, 6.45) is 8.32. The van der Waals surface area contributed by atoms with Crippen molar-refractivity contribution in [3.05, 3.63) is 67.3 Å². The van der Waals surface area contributed by atoms with E-state index in [-0.39, 0.29) is 0 Å². The van der Waals surface area contributed by atoms with E-state index in [1.165, 1.54) is 0 Å². The van der Waals surface area contributed by atoms with Crippen molar-refractivity contribution in [3.63, 3.8) is 0 Å². The van der Waals surface area contributed by atoms with Crippen molar-refractivity contribution in [1.82, 2.24) is 15.6 Å². The molecule has 3 heteroatoms. The van der Waals surface area contributed by atoms with Crippen molar-refractivity contribution >= 4 is 0 Å². The maximum absolute atomic E-state index is 4.27. The fourth-order valence-corrected chi connectivity index (χ4v) is 1.30. The third-order valence-corrected chi connectivity index (χ3v) is 2.12. The summed E-state index contributed by atoms with van der Waals surface area (Å²) in [4.78, 5) is 4.27. The van der Waals surface area contributed by atoms with Gasteiger partial charge in [-0.05, 0) is 18.2 Å². The van der Waals surface area contributed by atoms with Crippen LogP contribution in [-0.4, -0.2) is 18.1 Å². The molecule has 0 bridgehead atoms. The van der Waals surface area contributed by atoms with Gasteiger partial charge in [0.1, 0.15) is 0 Å². The highest BCUT2D eigenvalue weighted by Gasteiger charge is 1.94. The van der Waals surface area contributed by atoms with Crippen LogP contribution >= 0.6 is 0 Å². The van der Waals surface area contributed by atoms with Gasteiger partial charge in [-0.15, -0.1) is 13.2 Å². The summed E-state index contributed by atoms with van der Waals surface area (Å²) in [5, 5.41) is 6.46. The van der Waals surface area contributed by atoms with Crippen molar-refractivity contribution < 1.29 is 0 Å². The Morgan fingerprint density at radius 2 is 1.88 bits per heavy atom. The van der Waals surface area contributed by atoms with Gasteiger partial charge in [0.15, 0.2) is 0 Å². The summed E-state index contributed by atoms with van der Waals surface area (Å²) < 4.78 is 0. The zero-order valence-corrected chi connectivity index (χ0v) is 10.0. The fourth-order valence-electron chi connectivity index (χ4n) is 1.30. The Balaban J connectivity index is 2.55. The predicted octanol–water partition coefficient (Wildman–Crippen LogP) is 2.02. The van der Waals surface area contributed by atoms with Gasteiger partial charge in [-0.3, -0.25) is 4.98 Å². The zero-order chi connectivity index (χ0) is 12.3. The number of pyridine rings is 1. The summed E-state index contributed by atoms with van der Waals surface area (Å²) in [5.41, 5.74) is 1.05. The molecule has 0 atom stereocenters. The Kier molecular flexibility index (Phi) is 6.26. The SMILES string of the molecule is C=CCNC(=CCc1ccccn1)NCC=C. The van der Waals surface area contributed by atoms with E-state index in [1.54, 1.807) is 6.20 Å². The van der Waals surface area contributed by atoms with Crippen LogP contribution in [0, 0.1) is 0 Å². The lowest BCUT2D eigenvalue weighted by molar-refractivity contribution is 0.754. The number of hydrogen-bond acceptors (Lipinski definition) is 3. The highest BCUT2D eigenvalue weighted by molar-refractivity contribution is 5.11. The molecule has 1 aromatic heterocycles.